The van der Waals surface area contributed by atoms with Crippen molar-refractivity contribution in [3.8, 4) is 0 Å². The summed E-state index contributed by atoms with van der Waals surface area (Å²) in [6, 6.07) is 27.7. The molecule has 98 valence electrons. The Labute approximate surface area is 120 Å². The van der Waals surface area contributed by atoms with Crippen LogP contribution < -0.4 is 4.57 Å². The van der Waals surface area contributed by atoms with Crippen molar-refractivity contribution < 1.29 is 4.57 Å². The molecular weight excluding hydrogens is 242 g/mol. The first-order valence-electron chi connectivity index (χ1n) is 6.91. The van der Waals surface area contributed by atoms with Gasteiger partial charge in [0.2, 0.25) is 0 Å². The summed E-state index contributed by atoms with van der Waals surface area (Å²) in [7, 11) is 2.11. The van der Waals surface area contributed by atoms with Crippen molar-refractivity contribution in [2.45, 2.75) is 5.92 Å². The molecule has 0 saturated carbocycles. The molecule has 0 atom stereocenters. The maximum Gasteiger partial charge on any atom is 0.193 e. The van der Waals surface area contributed by atoms with Gasteiger partial charge in [0.05, 0.1) is 5.92 Å². The van der Waals surface area contributed by atoms with Crippen molar-refractivity contribution in [3.63, 3.8) is 0 Å². The van der Waals surface area contributed by atoms with E-state index in [0.717, 1.165) is 0 Å². The smallest absolute Gasteiger partial charge is 0.193 e. The van der Waals surface area contributed by atoms with Crippen molar-refractivity contribution in [1.82, 2.24) is 0 Å². The van der Waals surface area contributed by atoms with Crippen LogP contribution in [-0.2, 0) is 7.05 Å². The largest absolute Gasteiger partial charge is 0.204 e. The van der Waals surface area contributed by atoms with Gasteiger partial charge in [0.1, 0.15) is 7.05 Å². The molecule has 1 aromatic heterocycles. The summed E-state index contributed by atoms with van der Waals surface area (Å²) in [5.41, 5.74) is 3.94. The van der Waals surface area contributed by atoms with E-state index in [1.807, 2.05) is 0 Å². The molecule has 0 aliphatic rings. The average Bonchev–Trinajstić information content (AvgIpc) is 2.52. The van der Waals surface area contributed by atoms with Crippen LogP contribution in [0, 0.1) is 0 Å². The summed E-state index contributed by atoms with van der Waals surface area (Å²) < 4.78 is 2.20. The quantitative estimate of drug-likeness (QED) is 0.632. The van der Waals surface area contributed by atoms with Gasteiger partial charge in [-0.1, -0.05) is 66.7 Å². The van der Waals surface area contributed by atoms with Gasteiger partial charge in [0, 0.05) is 12.1 Å². The fraction of sp³-hybridized carbons (Fsp3) is 0.105. The predicted molar refractivity (Wildman–Crippen MR) is 81.4 cm³/mol. The molecule has 0 fully saturated rings. The van der Waals surface area contributed by atoms with Crippen molar-refractivity contribution in [1.29, 1.82) is 0 Å². The van der Waals surface area contributed by atoms with Crippen LogP contribution in [0.25, 0.3) is 0 Å². The molecule has 0 aliphatic heterocycles. The third-order valence-corrected chi connectivity index (χ3v) is 3.66. The zero-order chi connectivity index (χ0) is 13.8. The first-order chi connectivity index (χ1) is 9.86. The number of nitrogens with zero attached hydrogens (tertiary/aromatic N) is 1. The van der Waals surface area contributed by atoms with E-state index in [2.05, 4.69) is 96.7 Å². The number of hydrogen-bond donors (Lipinski definition) is 0. The van der Waals surface area contributed by atoms with Gasteiger partial charge in [0.25, 0.3) is 0 Å². The Morgan fingerprint density at radius 3 is 1.65 bits per heavy atom. The zero-order valence-electron chi connectivity index (χ0n) is 11.6. The molecule has 0 amide bonds. The Bertz CT molecular complexity index is 635. The number of pyridine rings is 1. The van der Waals surface area contributed by atoms with E-state index in [-0.39, 0.29) is 5.92 Å². The van der Waals surface area contributed by atoms with Crippen LogP contribution in [0.15, 0.2) is 85.1 Å². The number of aryl methyl sites for hydroxylation is 1. The van der Waals surface area contributed by atoms with E-state index in [1.54, 1.807) is 0 Å². The highest BCUT2D eigenvalue weighted by atomic mass is 14.9. The van der Waals surface area contributed by atoms with Gasteiger partial charge in [-0.2, -0.15) is 0 Å². The second kappa shape index (κ2) is 5.70. The van der Waals surface area contributed by atoms with Crippen molar-refractivity contribution in [2.24, 2.45) is 7.05 Å². The van der Waals surface area contributed by atoms with Crippen molar-refractivity contribution in [3.05, 3.63) is 102 Å². The molecule has 0 spiro atoms. The monoisotopic (exact) mass is 260 g/mol. The second-order valence-corrected chi connectivity index (χ2v) is 4.99. The van der Waals surface area contributed by atoms with E-state index in [9.17, 15) is 0 Å². The lowest BCUT2D eigenvalue weighted by molar-refractivity contribution is -0.679. The van der Waals surface area contributed by atoms with E-state index in [4.69, 9.17) is 0 Å². The Kier molecular flexibility index (Phi) is 3.60. The first kappa shape index (κ1) is 12.6. The molecular formula is C19H18N+. The van der Waals surface area contributed by atoms with Crippen molar-refractivity contribution >= 4 is 0 Å². The maximum atomic E-state index is 2.20. The molecule has 1 nitrogen and oxygen atoms in total. The maximum absolute atomic E-state index is 2.20. The van der Waals surface area contributed by atoms with Gasteiger partial charge >= 0.3 is 0 Å². The lowest BCUT2D eigenvalue weighted by Gasteiger charge is -2.16. The molecule has 3 aromatic rings. The van der Waals surface area contributed by atoms with E-state index < -0.39 is 0 Å². The van der Waals surface area contributed by atoms with Crippen LogP contribution >= 0.6 is 0 Å². The highest BCUT2D eigenvalue weighted by Crippen LogP contribution is 2.29. The Morgan fingerprint density at radius 2 is 1.15 bits per heavy atom. The Hall–Kier alpha value is -2.41. The van der Waals surface area contributed by atoms with Crippen LogP contribution in [0.4, 0.5) is 0 Å². The molecule has 0 radical (unpaired) electrons. The standard InChI is InChI=1S/C19H18N/c1-20-15-9-8-14-18(20)19(16-10-4-2-5-11-16)17-12-6-3-7-13-17/h2-15,19H,1H3/q+1. The average molecular weight is 260 g/mol. The predicted octanol–water partition coefficient (Wildman–Crippen LogP) is 3.69. The van der Waals surface area contributed by atoms with Crippen molar-refractivity contribution in [2.75, 3.05) is 0 Å². The normalized spacial score (nSPS) is 10.7. The van der Waals surface area contributed by atoms with E-state index in [0.29, 0.717) is 0 Å². The number of rotatable bonds is 3. The summed E-state index contributed by atoms with van der Waals surface area (Å²) >= 11 is 0. The van der Waals surface area contributed by atoms with Crippen LogP contribution in [-0.4, -0.2) is 0 Å². The fourth-order valence-corrected chi connectivity index (χ4v) is 2.66. The minimum atomic E-state index is 0.267. The SMILES string of the molecule is C[n+]1ccccc1C(c1ccccc1)c1ccccc1. The fourth-order valence-electron chi connectivity index (χ4n) is 2.66. The lowest BCUT2D eigenvalue weighted by Crippen LogP contribution is -2.35. The Balaban J connectivity index is 2.17. The highest BCUT2D eigenvalue weighted by Gasteiger charge is 2.23. The molecule has 0 bridgehead atoms. The van der Waals surface area contributed by atoms with Gasteiger partial charge in [-0.25, -0.2) is 4.57 Å². The molecule has 0 aliphatic carbocycles. The van der Waals surface area contributed by atoms with Gasteiger partial charge in [0.15, 0.2) is 11.9 Å². The molecule has 20 heavy (non-hydrogen) atoms. The third kappa shape index (κ3) is 2.48. The summed E-state index contributed by atoms with van der Waals surface area (Å²) in [5, 5.41) is 0. The topological polar surface area (TPSA) is 3.88 Å². The number of aromatic nitrogens is 1. The van der Waals surface area contributed by atoms with Crippen LogP contribution in [0.3, 0.4) is 0 Å². The molecule has 0 N–H and O–H groups in total. The molecule has 2 aromatic carbocycles. The van der Waals surface area contributed by atoms with E-state index in [1.165, 1.54) is 16.8 Å². The number of hydrogen-bond acceptors (Lipinski definition) is 0. The van der Waals surface area contributed by atoms with Gasteiger partial charge in [-0.3, -0.25) is 0 Å². The molecule has 1 heteroatoms. The minimum absolute atomic E-state index is 0.267. The summed E-state index contributed by atoms with van der Waals surface area (Å²) in [6.45, 7) is 0. The highest BCUT2D eigenvalue weighted by molar-refractivity contribution is 5.38. The van der Waals surface area contributed by atoms with Gasteiger partial charge in [-0.15, -0.1) is 0 Å². The first-order valence-corrected chi connectivity index (χ1v) is 6.91. The van der Waals surface area contributed by atoms with E-state index >= 15 is 0 Å². The lowest BCUT2D eigenvalue weighted by atomic mass is 9.88. The summed E-state index contributed by atoms with van der Waals surface area (Å²) in [6.07, 6.45) is 2.11. The second-order valence-electron chi connectivity index (χ2n) is 4.99. The number of benzene rings is 2. The van der Waals surface area contributed by atoms with Gasteiger partial charge < -0.3 is 0 Å². The Morgan fingerprint density at radius 1 is 0.650 bits per heavy atom. The molecule has 0 saturated heterocycles. The van der Waals surface area contributed by atoms with Crippen LogP contribution in [0.5, 0.6) is 0 Å². The summed E-state index contributed by atoms with van der Waals surface area (Å²) in [5.74, 6) is 0.267. The minimum Gasteiger partial charge on any atom is -0.204 e. The van der Waals surface area contributed by atoms with Crippen LogP contribution in [0.1, 0.15) is 22.7 Å². The molecule has 0 unspecified atom stereocenters. The summed E-state index contributed by atoms with van der Waals surface area (Å²) in [4.78, 5) is 0. The van der Waals surface area contributed by atoms with Crippen LogP contribution in [0.2, 0.25) is 0 Å². The van der Waals surface area contributed by atoms with Gasteiger partial charge in [-0.05, 0) is 11.1 Å². The molecule has 1 heterocycles. The zero-order valence-corrected chi connectivity index (χ0v) is 11.6. The third-order valence-electron chi connectivity index (χ3n) is 3.66. The molecule has 3 rings (SSSR count).